The molecule has 96 valence electrons. The number of para-hydroxylation sites is 1. The van der Waals surface area contributed by atoms with Gasteiger partial charge in [0, 0.05) is 0 Å². The number of aromatic hydroxyl groups is 1. The third-order valence-electron chi connectivity index (χ3n) is 1.03. The molecule has 0 bridgehead atoms. The quantitative estimate of drug-likeness (QED) is 0.265. The zero-order valence-electron chi connectivity index (χ0n) is 9.26. The van der Waals surface area contributed by atoms with Crippen LogP contribution in [0, 0.1) is 0 Å². The predicted molar refractivity (Wildman–Crippen MR) is 63.6 cm³/mol. The van der Waals surface area contributed by atoms with Crippen molar-refractivity contribution in [1.82, 2.24) is 0 Å². The van der Waals surface area contributed by atoms with Gasteiger partial charge in [0.05, 0.1) is 0 Å². The summed E-state index contributed by atoms with van der Waals surface area (Å²) in [5.74, 6) is 0.322. The Kier molecular flexibility index (Phi) is 11.5. The van der Waals surface area contributed by atoms with Gasteiger partial charge in [-0.25, -0.2) is 0 Å². The second kappa shape index (κ2) is 11.0. The van der Waals surface area contributed by atoms with Crippen molar-refractivity contribution in [2.45, 2.75) is 6.92 Å². The molecule has 0 aliphatic rings. The average molecular weight is 260 g/mol. The van der Waals surface area contributed by atoms with E-state index in [1.54, 1.807) is 37.3 Å². The number of hydrogen-bond donors (Lipinski definition) is 5. The van der Waals surface area contributed by atoms with Crippen LogP contribution < -0.4 is 0 Å². The maximum atomic E-state index is 9.32. The van der Waals surface area contributed by atoms with Crippen molar-refractivity contribution in [3.8, 4) is 5.75 Å². The lowest BCUT2D eigenvalue weighted by molar-refractivity contribution is -0.104. The van der Waals surface area contributed by atoms with Crippen LogP contribution in [0.2, 0.25) is 0 Å². The van der Waals surface area contributed by atoms with Crippen molar-refractivity contribution in [3.63, 3.8) is 0 Å². The molecule has 0 saturated heterocycles. The zero-order valence-corrected chi connectivity index (χ0v) is 10.3. The Morgan fingerprint density at radius 2 is 1.47 bits per heavy atom. The maximum Gasteiger partial charge on any atom is 0.668 e. The molecule has 7 heteroatoms. The van der Waals surface area contributed by atoms with E-state index in [0.29, 0.717) is 5.75 Å². The van der Waals surface area contributed by atoms with Crippen molar-refractivity contribution in [2.24, 2.45) is 0 Å². The van der Waals surface area contributed by atoms with Crippen LogP contribution in [0.15, 0.2) is 42.5 Å². The summed E-state index contributed by atoms with van der Waals surface area (Å²) in [6.45, 7) is 1.80. The van der Waals surface area contributed by atoms with E-state index in [4.69, 9.17) is 24.3 Å². The number of benzene rings is 1. The van der Waals surface area contributed by atoms with Gasteiger partial charge in [-0.3, -0.25) is 4.79 Å². The van der Waals surface area contributed by atoms with Crippen LogP contribution in [0.5, 0.6) is 5.75 Å². The standard InChI is InChI=1S/C6H6O.C4H6O.H4O4Si/c7-6-4-2-1-3-5-6;1-2-3-4-5;1-5(2,3)4/h1-5,7H;2-4H,1H3;1-4H/b;3-2+;. The molecule has 5 N–H and O–H groups in total. The minimum Gasteiger partial charge on any atom is -0.508 e. The minimum atomic E-state index is -4.61. The highest BCUT2D eigenvalue weighted by Crippen LogP contribution is 2.02. The molecule has 0 radical (unpaired) electrons. The maximum absolute atomic E-state index is 9.32. The summed E-state index contributed by atoms with van der Waals surface area (Å²) in [5, 5.41) is 8.63. The van der Waals surface area contributed by atoms with Crippen molar-refractivity contribution in [1.29, 1.82) is 0 Å². The van der Waals surface area contributed by atoms with E-state index in [2.05, 4.69) is 0 Å². The van der Waals surface area contributed by atoms with Gasteiger partial charge < -0.3 is 24.3 Å². The number of phenolic OH excluding ortho intramolecular Hbond substituents is 1. The summed E-state index contributed by atoms with van der Waals surface area (Å²) in [6.07, 6.45) is 3.88. The summed E-state index contributed by atoms with van der Waals surface area (Å²) in [5.41, 5.74) is 0. The van der Waals surface area contributed by atoms with Gasteiger partial charge in [-0.15, -0.1) is 0 Å². The third-order valence-corrected chi connectivity index (χ3v) is 1.03. The summed E-state index contributed by atoms with van der Waals surface area (Å²) in [6, 6.07) is 8.71. The highest BCUT2D eigenvalue weighted by molar-refractivity contribution is 6.46. The average Bonchev–Trinajstić information content (AvgIpc) is 2.18. The van der Waals surface area contributed by atoms with Crippen molar-refractivity contribution in [2.75, 3.05) is 0 Å². The fourth-order valence-electron chi connectivity index (χ4n) is 0.507. The zero-order chi connectivity index (χ0) is 13.7. The summed E-state index contributed by atoms with van der Waals surface area (Å²) in [4.78, 5) is 38.6. The highest BCUT2D eigenvalue weighted by Gasteiger charge is 2.22. The van der Waals surface area contributed by atoms with Crippen LogP contribution >= 0.6 is 0 Å². The lowest BCUT2D eigenvalue weighted by Gasteiger charge is -1.91. The lowest BCUT2D eigenvalue weighted by Crippen LogP contribution is -2.33. The van der Waals surface area contributed by atoms with Gasteiger partial charge in [-0.05, 0) is 25.1 Å². The Bertz CT molecular complexity index is 300. The number of allylic oxidation sites excluding steroid dienone is 2. The largest absolute Gasteiger partial charge is 0.668 e. The Morgan fingerprint density at radius 3 is 1.59 bits per heavy atom. The molecule has 0 saturated carbocycles. The van der Waals surface area contributed by atoms with Crippen molar-refractivity contribution < 1.29 is 29.1 Å². The van der Waals surface area contributed by atoms with Gasteiger partial charge in [-0.2, -0.15) is 0 Å². The van der Waals surface area contributed by atoms with Gasteiger partial charge in [0.2, 0.25) is 0 Å². The summed E-state index contributed by atoms with van der Waals surface area (Å²) < 4.78 is 0. The SMILES string of the molecule is C/C=C/C=O.O[Si](O)(O)O.Oc1ccccc1. The fourth-order valence-corrected chi connectivity index (χ4v) is 0.507. The normalized spacial score (nSPS) is 9.71. The number of carbonyl (C=O) groups excluding carboxylic acids is 1. The van der Waals surface area contributed by atoms with E-state index in [1.165, 1.54) is 6.08 Å². The Labute approximate surface area is 100 Å². The lowest BCUT2D eigenvalue weighted by atomic mass is 10.3. The van der Waals surface area contributed by atoms with Crippen LogP contribution in [-0.2, 0) is 4.79 Å². The molecule has 0 aromatic heterocycles. The van der Waals surface area contributed by atoms with Gasteiger partial charge in [0.15, 0.2) is 0 Å². The molecule has 6 nitrogen and oxygen atoms in total. The minimum absolute atomic E-state index is 0.322. The molecule has 17 heavy (non-hydrogen) atoms. The molecule has 0 fully saturated rings. The Balaban J connectivity index is 0. The molecule has 0 aliphatic carbocycles. The number of aldehydes is 1. The molecule has 0 spiro atoms. The van der Waals surface area contributed by atoms with E-state index in [9.17, 15) is 4.79 Å². The van der Waals surface area contributed by atoms with Gasteiger partial charge >= 0.3 is 9.05 Å². The smallest absolute Gasteiger partial charge is 0.508 e. The van der Waals surface area contributed by atoms with Crippen LogP contribution in [0.1, 0.15) is 6.92 Å². The Hall–Kier alpha value is -1.51. The number of carbonyl (C=O) groups is 1. The molecule has 0 atom stereocenters. The van der Waals surface area contributed by atoms with Crippen LogP contribution in [0.4, 0.5) is 0 Å². The fraction of sp³-hybridized carbons (Fsp3) is 0.100. The van der Waals surface area contributed by atoms with Crippen LogP contribution in [0.3, 0.4) is 0 Å². The molecule has 0 unspecified atom stereocenters. The summed E-state index contributed by atoms with van der Waals surface area (Å²) >= 11 is 0. The third kappa shape index (κ3) is 31.4. The molecule has 0 aliphatic heterocycles. The van der Waals surface area contributed by atoms with E-state index >= 15 is 0 Å². The van der Waals surface area contributed by atoms with Crippen molar-refractivity contribution in [3.05, 3.63) is 42.5 Å². The second-order valence-electron chi connectivity index (χ2n) is 2.60. The van der Waals surface area contributed by atoms with E-state index in [0.717, 1.165) is 6.29 Å². The van der Waals surface area contributed by atoms with Crippen LogP contribution in [-0.4, -0.2) is 39.6 Å². The first-order valence-electron chi connectivity index (χ1n) is 4.51. The number of rotatable bonds is 1. The topological polar surface area (TPSA) is 118 Å². The van der Waals surface area contributed by atoms with E-state index in [-0.39, 0.29) is 0 Å². The van der Waals surface area contributed by atoms with E-state index < -0.39 is 9.05 Å². The van der Waals surface area contributed by atoms with Gasteiger partial charge in [0.1, 0.15) is 12.0 Å². The second-order valence-corrected chi connectivity index (χ2v) is 3.80. The van der Waals surface area contributed by atoms with Crippen molar-refractivity contribution >= 4 is 15.3 Å². The molecule has 0 amide bonds. The van der Waals surface area contributed by atoms with Crippen LogP contribution in [0.25, 0.3) is 0 Å². The first kappa shape index (κ1) is 17.9. The van der Waals surface area contributed by atoms with Gasteiger partial charge in [0.25, 0.3) is 0 Å². The predicted octanol–water partition coefficient (Wildman–Crippen LogP) is -0.455. The van der Waals surface area contributed by atoms with E-state index in [1.807, 2.05) is 6.07 Å². The monoisotopic (exact) mass is 260 g/mol. The molecule has 0 heterocycles. The van der Waals surface area contributed by atoms with Gasteiger partial charge in [-0.1, -0.05) is 24.3 Å². The molecule has 1 aromatic carbocycles. The summed E-state index contributed by atoms with van der Waals surface area (Å²) in [7, 11) is -4.61. The highest BCUT2D eigenvalue weighted by atomic mass is 28.4. The number of phenols is 1. The molecule has 1 rings (SSSR count). The first-order chi connectivity index (χ1) is 7.81. The molecular formula is C10H16O6Si. The first-order valence-corrected chi connectivity index (χ1v) is 6.30. The molecule has 1 aromatic rings. The number of hydrogen-bond acceptors (Lipinski definition) is 6. The molecular weight excluding hydrogens is 244 g/mol. The Morgan fingerprint density at radius 1 is 1.06 bits per heavy atom.